The molecule has 1 aromatic rings. The van der Waals surface area contributed by atoms with Crippen molar-refractivity contribution in [2.75, 3.05) is 37.8 Å². The number of hydrogen-bond donors (Lipinski definition) is 3. The lowest BCUT2D eigenvalue weighted by molar-refractivity contribution is -0.116. The Kier molecular flexibility index (Phi) is 9.14. The molecular formula is C14H25ClN4O3S. The second kappa shape index (κ2) is 9.71. The highest BCUT2D eigenvalue weighted by molar-refractivity contribution is 7.89. The Morgan fingerprint density at radius 3 is 2.43 bits per heavy atom. The van der Waals surface area contributed by atoms with E-state index in [1.54, 1.807) is 6.07 Å². The number of benzene rings is 1. The lowest BCUT2D eigenvalue weighted by atomic mass is 10.2. The Hall–Kier alpha value is -1.35. The molecule has 0 aliphatic carbocycles. The average molecular weight is 365 g/mol. The second-order valence-electron chi connectivity index (χ2n) is 4.97. The van der Waals surface area contributed by atoms with Gasteiger partial charge in [0.15, 0.2) is 0 Å². The lowest BCUT2D eigenvalue weighted by Crippen LogP contribution is -2.22. The van der Waals surface area contributed by atoms with Crippen molar-refractivity contribution in [3.05, 3.63) is 18.2 Å². The molecule has 132 valence electrons. The van der Waals surface area contributed by atoms with Crippen LogP contribution in [0.15, 0.2) is 23.1 Å². The molecular weight excluding hydrogens is 340 g/mol. The number of halogens is 1. The summed E-state index contributed by atoms with van der Waals surface area (Å²) in [5.41, 5.74) is 6.52. The third-order valence-electron chi connectivity index (χ3n) is 3.02. The highest BCUT2D eigenvalue weighted by Crippen LogP contribution is 2.26. The summed E-state index contributed by atoms with van der Waals surface area (Å²) in [5, 5.41) is 5.84. The Morgan fingerprint density at radius 1 is 1.26 bits per heavy atom. The molecule has 0 aliphatic heterocycles. The van der Waals surface area contributed by atoms with Crippen LogP contribution in [0.3, 0.4) is 0 Å². The quantitative estimate of drug-likeness (QED) is 0.647. The summed E-state index contributed by atoms with van der Waals surface area (Å²) in [6.07, 6.45) is 0.880. The van der Waals surface area contributed by atoms with E-state index in [0.717, 1.165) is 4.31 Å². The summed E-state index contributed by atoms with van der Waals surface area (Å²) in [6, 6.07) is 4.63. The van der Waals surface area contributed by atoms with Gasteiger partial charge in [0.05, 0.1) is 16.3 Å². The minimum absolute atomic E-state index is 0. The number of nitrogens with one attached hydrogen (secondary N) is 2. The number of rotatable bonds is 8. The first-order chi connectivity index (χ1) is 10.3. The number of hydrogen-bond acceptors (Lipinski definition) is 5. The Labute approximate surface area is 144 Å². The molecule has 0 aliphatic rings. The Balaban J connectivity index is 0.00000484. The van der Waals surface area contributed by atoms with Crippen LogP contribution < -0.4 is 16.4 Å². The van der Waals surface area contributed by atoms with Gasteiger partial charge in [-0.25, -0.2) is 12.7 Å². The Morgan fingerprint density at radius 2 is 1.91 bits per heavy atom. The van der Waals surface area contributed by atoms with Crippen LogP contribution in [0.4, 0.5) is 11.4 Å². The topological polar surface area (TPSA) is 105 Å². The fraction of sp³-hybridized carbons (Fsp3) is 0.500. The summed E-state index contributed by atoms with van der Waals surface area (Å²) < 4.78 is 25.5. The summed E-state index contributed by atoms with van der Waals surface area (Å²) >= 11 is 0. The standard InChI is InChI=1S/C14H24N4O3S.ClH/c1-4-16-12-8-7-11(22(20,21)18(2)3)10-13(12)17-14(19)6-5-9-15;/h7-8,10,16H,4-6,9,15H2,1-3H3,(H,17,19);1H. The number of sulfonamides is 1. The molecule has 0 unspecified atom stereocenters. The summed E-state index contributed by atoms with van der Waals surface area (Å²) in [4.78, 5) is 12.0. The number of amides is 1. The van der Waals surface area contributed by atoms with E-state index < -0.39 is 10.0 Å². The molecule has 0 bridgehead atoms. The third-order valence-corrected chi connectivity index (χ3v) is 4.83. The molecule has 1 aromatic carbocycles. The highest BCUT2D eigenvalue weighted by atomic mass is 35.5. The zero-order valence-electron chi connectivity index (χ0n) is 13.6. The molecule has 0 radical (unpaired) electrons. The normalized spacial score (nSPS) is 11.0. The van der Waals surface area contributed by atoms with Gasteiger partial charge in [0.25, 0.3) is 0 Å². The smallest absolute Gasteiger partial charge is 0.242 e. The van der Waals surface area contributed by atoms with Crippen molar-refractivity contribution in [2.45, 2.75) is 24.7 Å². The maximum Gasteiger partial charge on any atom is 0.242 e. The first kappa shape index (κ1) is 21.6. The molecule has 9 heteroatoms. The van der Waals surface area contributed by atoms with Gasteiger partial charge in [-0.1, -0.05) is 0 Å². The molecule has 0 spiro atoms. The number of carbonyl (C=O) groups excluding carboxylic acids is 1. The molecule has 0 saturated carbocycles. The number of nitrogens with two attached hydrogens (primary N) is 1. The summed E-state index contributed by atoms with van der Waals surface area (Å²) in [7, 11) is -0.619. The van der Waals surface area contributed by atoms with Crippen molar-refractivity contribution in [3.63, 3.8) is 0 Å². The van der Waals surface area contributed by atoms with Gasteiger partial charge < -0.3 is 16.4 Å². The molecule has 0 fully saturated rings. The van der Waals surface area contributed by atoms with E-state index in [1.807, 2.05) is 6.92 Å². The summed E-state index contributed by atoms with van der Waals surface area (Å²) in [6.45, 7) is 3.01. The van der Waals surface area contributed by atoms with Crippen molar-refractivity contribution in [2.24, 2.45) is 5.73 Å². The van der Waals surface area contributed by atoms with Crippen molar-refractivity contribution in [1.29, 1.82) is 0 Å². The number of nitrogens with zero attached hydrogens (tertiary/aromatic N) is 1. The van der Waals surface area contributed by atoms with Gasteiger partial charge >= 0.3 is 0 Å². The minimum atomic E-state index is -3.55. The third kappa shape index (κ3) is 5.98. The van der Waals surface area contributed by atoms with E-state index in [-0.39, 0.29) is 23.2 Å². The van der Waals surface area contributed by atoms with Crippen LogP contribution in [0.2, 0.25) is 0 Å². The van der Waals surface area contributed by atoms with Gasteiger partial charge in [-0.05, 0) is 38.1 Å². The van der Waals surface area contributed by atoms with Gasteiger partial charge in [-0.3, -0.25) is 4.79 Å². The number of anilines is 2. The van der Waals surface area contributed by atoms with Crippen LogP contribution in [0.5, 0.6) is 0 Å². The zero-order chi connectivity index (χ0) is 16.8. The van der Waals surface area contributed by atoms with Gasteiger partial charge in [0, 0.05) is 27.1 Å². The van der Waals surface area contributed by atoms with Gasteiger partial charge in [0.1, 0.15) is 0 Å². The zero-order valence-corrected chi connectivity index (χ0v) is 15.3. The molecule has 0 heterocycles. The van der Waals surface area contributed by atoms with E-state index in [4.69, 9.17) is 5.73 Å². The van der Waals surface area contributed by atoms with E-state index in [0.29, 0.717) is 37.3 Å². The SMILES string of the molecule is CCNc1ccc(S(=O)(=O)N(C)C)cc1NC(=O)CCCN.Cl. The molecule has 23 heavy (non-hydrogen) atoms. The molecule has 0 aromatic heterocycles. The van der Waals surface area contributed by atoms with E-state index in [1.165, 1.54) is 26.2 Å². The summed E-state index contributed by atoms with van der Waals surface area (Å²) in [5.74, 6) is -0.191. The van der Waals surface area contributed by atoms with Crippen molar-refractivity contribution < 1.29 is 13.2 Å². The van der Waals surface area contributed by atoms with Gasteiger partial charge in [-0.2, -0.15) is 0 Å². The lowest BCUT2D eigenvalue weighted by Gasteiger charge is -2.16. The van der Waals surface area contributed by atoms with Crippen LogP contribution in [0.1, 0.15) is 19.8 Å². The molecule has 7 nitrogen and oxygen atoms in total. The van der Waals surface area contributed by atoms with E-state index in [9.17, 15) is 13.2 Å². The molecule has 1 rings (SSSR count). The van der Waals surface area contributed by atoms with Crippen LogP contribution in [0, 0.1) is 0 Å². The van der Waals surface area contributed by atoms with Crippen LogP contribution in [-0.2, 0) is 14.8 Å². The van der Waals surface area contributed by atoms with Crippen LogP contribution >= 0.6 is 12.4 Å². The van der Waals surface area contributed by atoms with Gasteiger partial charge in [-0.15, -0.1) is 12.4 Å². The molecule has 1 amide bonds. The predicted molar refractivity (Wildman–Crippen MR) is 95.6 cm³/mol. The fourth-order valence-corrected chi connectivity index (χ4v) is 2.75. The molecule has 0 atom stereocenters. The first-order valence-corrected chi connectivity index (χ1v) is 8.57. The van der Waals surface area contributed by atoms with Crippen molar-refractivity contribution >= 4 is 39.7 Å². The maximum absolute atomic E-state index is 12.2. The monoisotopic (exact) mass is 364 g/mol. The minimum Gasteiger partial charge on any atom is -0.384 e. The van der Waals surface area contributed by atoms with Gasteiger partial charge in [0.2, 0.25) is 15.9 Å². The Bertz CT molecular complexity index is 620. The van der Waals surface area contributed by atoms with Crippen LogP contribution in [0.25, 0.3) is 0 Å². The largest absolute Gasteiger partial charge is 0.384 e. The van der Waals surface area contributed by atoms with E-state index >= 15 is 0 Å². The van der Waals surface area contributed by atoms with Crippen molar-refractivity contribution in [1.82, 2.24) is 4.31 Å². The predicted octanol–water partition coefficient (Wildman–Crippen LogP) is 1.47. The van der Waals surface area contributed by atoms with Crippen LogP contribution in [-0.4, -0.2) is 45.8 Å². The van der Waals surface area contributed by atoms with Crippen molar-refractivity contribution in [3.8, 4) is 0 Å². The molecule has 0 saturated heterocycles. The number of carbonyl (C=O) groups is 1. The highest BCUT2D eigenvalue weighted by Gasteiger charge is 2.19. The fourth-order valence-electron chi connectivity index (χ4n) is 1.82. The second-order valence-corrected chi connectivity index (χ2v) is 7.12. The first-order valence-electron chi connectivity index (χ1n) is 7.13. The average Bonchev–Trinajstić information content (AvgIpc) is 2.46. The molecule has 4 N–H and O–H groups in total. The van der Waals surface area contributed by atoms with E-state index in [2.05, 4.69) is 10.6 Å². The maximum atomic E-state index is 12.2.